The molecule has 3 aromatic carbocycles. The first-order valence-electron chi connectivity index (χ1n) is 9.47. The predicted octanol–water partition coefficient (Wildman–Crippen LogP) is 2.97. The molecule has 1 aliphatic rings. The Balaban J connectivity index is 1.66. The van der Waals surface area contributed by atoms with E-state index in [2.05, 4.69) is 4.72 Å². The lowest BCUT2D eigenvalue weighted by atomic mass is 10.1. The number of ether oxygens (including phenoxy) is 1. The lowest BCUT2D eigenvalue weighted by molar-refractivity contribution is 0.0730. The highest BCUT2D eigenvalue weighted by atomic mass is 32.2. The maximum Gasteiger partial charge on any atom is 0.261 e. The predicted molar refractivity (Wildman–Crippen MR) is 116 cm³/mol. The zero-order valence-electron chi connectivity index (χ0n) is 16.4. The quantitative estimate of drug-likeness (QED) is 0.650. The number of benzene rings is 3. The first kappa shape index (κ1) is 20.8. The Morgan fingerprint density at radius 3 is 2.30 bits per heavy atom. The van der Waals surface area contributed by atoms with E-state index in [-0.39, 0.29) is 28.6 Å². The van der Waals surface area contributed by atoms with Crippen LogP contribution in [0.4, 0.5) is 5.69 Å². The number of morpholine rings is 1. The van der Waals surface area contributed by atoms with E-state index in [1.54, 1.807) is 31.2 Å². The van der Waals surface area contributed by atoms with Crippen LogP contribution in [0.1, 0.15) is 5.56 Å². The Bertz CT molecular complexity index is 1300. The van der Waals surface area contributed by atoms with Crippen LogP contribution in [0.5, 0.6) is 0 Å². The van der Waals surface area contributed by atoms with Crippen molar-refractivity contribution in [2.45, 2.75) is 16.7 Å². The number of sulfonamides is 2. The SMILES string of the molecule is Cc1ccc(NS(=O)(=O)c2ccc3ccccc3c2)cc1S(=O)(=O)N1CCOCC1. The van der Waals surface area contributed by atoms with Gasteiger partial charge in [0.25, 0.3) is 10.0 Å². The molecule has 0 bridgehead atoms. The molecular weight excluding hydrogens is 424 g/mol. The minimum absolute atomic E-state index is 0.0862. The lowest BCUT2D eigenvalue weighted by Gasteiger charge is -2.26. The van der Waals surface area contributed by atoms with Gasteiger partial charge in [-0.2, -0.15) is 4.31 Å². The van der Waals surface area contributed by atoms with Crippen LogP contribution >= 0.6 is 0 Å². The third-order valence-electron chi connectivity index (χ3n) is 5.06. The van der Waals surface area contributed by atoms with Crippen molar-refractivity contribution in [1.82, 2.24) is 4.31 Å². The molecule has 0 aromatic heterocycles. The van der Waals surface area contributed by atoms with Crippen molar-refractivity contribution in [3.05, 3.63) is 66.2 Å². The van der Waals surface area contributed by atoms with Gasteiger partial charge in [0.15, 0.2) is 0 Å². The Kier molecular flexibility index (Phi) is 5.54. The monoisotopic (exact) mass is 446 g/mol. The van der Waals surface area contributed by atoms with E-state index >= 15 is 0 Å². The molecule has 0 spiro atoms. The van der Waals surface area contributed by atoms with E-state index in [0.29, 0.717) is 18.8 Å². The largest absolute Gasteiger partial charge is 0.379 e. The van der Waals surface area contributed by atoms with E-state index < -0.39 is 20.0 Å². The summed E-state index contributed by atoms with van der Waals surface area (Å²) < 4.78 is 61.0. The second-order valence-electron chi connectivity index (χ2n) is 7.11. The second kappa shape index (κ2) is 7.99. The summed E-state index contributed by atoms with van der Waals surface area (Å²) in [7, 11) is -7.63. The van der Waals surface area contributed by atoms with Crippen molar-refractivity contribution < 1.29 is 21.6 Å². The van der Waals surface area contributed by atoms with Crippen LogP contribution in [0.15, 0.2) is 70.5 Å². The van der Waals surface area contributed by atoms with E-state index in [0.717, 1.165) is 10.8 Å². The Morgan fingerprint density at radius 2 is 1.57 bits per heavy atom. The van der Waals surface area contributed by atoms with Gasteiger partial charge in [-0.25, -0.2) is 16.8 Å². The molecule has 0 atom stereocenters. The molecule has 1 aliphatic heterocycles. The van der Waals surface area contributed by atoms with Gasteiger partial charge in [0, 0.05) is 13.1 Å². The van der Waals surface area contributed by atoms with Crippen molar-refractivity contribution in [2.75, 3.05) is 31.0 Å². The summed E-state index contributed by atoms with van der Waals surface area (Å²) in [6.07, 6.45) is 0. The topological polar surface area (TPSA) is 92.8 Å². The van der Waals surface area contributed by atoms with Crippen molar-refractivity contribution in [3.8, 4) is 0 Å². The van der Waals surface area contributed by atoms with Crippen LogP contribution in [-0.2, 0) is 24.8 Å². The summed E-state index contributed by atoms with van der Waals surface area (Å²) in [6, 6.07) is 16.9. The molecule has 0 radical (unpaired) electrons. The van der Waals surface area contributed by atoms with Gasteiger partial charge >= 0.3 is 0 Å². The molecule has 3 aromatic rings. The zero-order valence-corrected chi connectivity index (χ0v) is 18.0. The molecule has 1 N–H and O–H groups in total. The third kappa shape index (κ3) is 4.06. The number of nitrogens with zero attached hydrogens (tertiary/aromatic N) is 1. The van der Waals surface area contributed by atoms with E-state index in [1.807, 2.05) is 24.3 Å². The molecule has 4 rings (SSSR count). The molecule has 0 saturated carbocycles. The third-order valence-corrected chi connectivity index (χ3v) is 8.48. The summed E-state index contributed by atoms with van der Waals surface area (Å²) in [5.74, 6) is 0. The Hall–Kier alpha value is -2.46. The highest BCUT2D eigenvalue weighted by molar-refractivity contribution is 7.92. The second-order valence-corrected chi connectivity index (χ2v) is 10.7. The van der Waals surface area contributed by atoms with Crippen LogP contribution in [0, 0.1) is 6.92 Å². The lowest BCUT2D eigenvalue weighted by Crippen LogP contribution is -2.40. The fraction of sp³-hybridized carbons (Fsp3) is 0.238. The van der Waals surface area contributed by atoms with Crippen LogP contribution in [-0.4, -0.2) is 47.4 Å². The highest BCUT2D eigenvalue weighted by Crippen LogP contribution is 2.27. The first-order valence-corrected chi connectivity index (χ1v) is 12.4. The summed E-state index contributed by atoms with van der Waals surface area (Å²) >= 11 is 0. The minimum Gasteiger partial charge on any atom is -0.379 e. The van der Waals surface area contributed by atoms with Gasteiger partial charge in [-0.1, -0.05) is 36.4 Å². The summed E-state index contributed by atoms with van der Waals surface area (Å²) in [4.78, 5) is 0.197. The van der Waals surface area contributed by atoms with Crippen molar-refractivity contribution in [1.29, 1.82) is 0 Å². The number of aryl methyl sites for hydroxylation is 1. The van der Waals surface area contributed by atoms with Crippen molar-refractivity contribution >= 4 is 36.5 Å². The van der Waals surface area contributed by atoms with Gasteiger partial charge < -0.3 is 4.74 Å². The Morgan fingerprint density at radius 1 is 0.867 bits per heavy atom. The fourth-order valence-corrected chi connectivity index (χ4v) is 6.16. The molecular formula is C21H22N2O5S2. The fourth-order valence-electron chi connectivity index (χ4n) is 3.42. The molecule has 9 heteroatoms. The van der Waals surface area contributed by atoms with Gasteiger partial charge in [-0.15, -0.1) is 0 Å². The average molecular weight is 447 g/mol. The number of rotatable bonds is 5. The maximum atomic E-state index is 13.0. The van der Waals surface area contributed by atoms with Gasteiger partial charge in [0.2, 0.25) is 10.0 Å². The van der Waals surface area contributed by atoms with Gasteiger partial charge in [0.05, 0.1) is 28.7 Å². The zero-order chi connectivity index (χ0) is 21.4. The number of anilines is 1. The molecule has 158 valence electrons. The molecule has 30 heavy (non-hydrogen) atoms. The summed E-state index contributed by atoms with van der Waals surface area (Å²) in [5, 5.41) is 1.74. The van der Waals surface area contributed by atoms with Crippen molar-refractivity contribution in [3.63, 3.8) is 0 Å². The standard InChI is InChI=1S/C21H22N2O5S2/c1-16-6-8-19(15-21(16)30(26,27)23-10-12-28-13-11-23)22-29(24,25)20-9-7-17-4-2-3-5-18(17)14-20/h2-9,14-15,22H,10-13H2,1H3. The normalized spacial score (nSPS) is 15.9. The van der Waals surface area contributed by atoms with Gasteiger partial charge in [0.1, 0.15) is 0 Å². The molecule has 7 nitrogen and oxygen atoms in total. The minimum atomic E-state index is -3.88. The van der Waals surface area contributed by atoms with E-state index in [9.17, 15) is 16.8 Å². The molecule has 0 aliphatic carbocycles. The molecule has 1 heterocycles. The highest BCUT2D eigenvalue weighted by Gasteiger charge is 2.28. The van der Waals surface area contributed by atoms with Crippen LogP contribution < -0.4 is 4.72 Å². The smallest absolute Gasteiger partial charge is 0.261 e. The van der Waals surface area contributed by atoms with E-state index in [4.69, 9.17) is 4.74 Å². The molecule has 0 amide bonds. The van der Waals surface area contributed by atoms with Crippen LogP contribution in [0.25, 0.3) is 10.8 Å². The summed E-state index contributed by atoms with van der Waals surface area (Å²) in [5.41, 5.74) is 0.746. The maximum absolute atomic E-state index is 13.0. The Labute approximate surface area is 176 Å². The number of fused-ring (bicyclic) bond motifs is 1. The number of hydrogen-bond acceptors (Lipinski definition) is 5. The van der Waals surface area contributed by atoms with E-state index in [1.165, 1.54) is 16.4 Å². The van der Waals surface area contributed by atoms with Gasteiger partial charge in [-0.05, 0) is 47.5 Å². The number of nitrogens with one attached hydrogen (secondary N) is 1. The number of hydrogen-bond donors (Lipinski definition) is 1. The van der Waals surface area contributed by atoms with Crippen LogP contribution in [0.3, 0.4) is 0 Å². The average Bonchev–Trinajstić information content (AvgIpc) is 2.75. The van der Waals surface area contributed by atoms with Gasteiger partial charge in [-0.3, -0.25) is 4.72 Å². The van der Waals surface area contributed by atoms with Crippen LogP contribution in [0.2, 0.25) is 0 Å². The molecule has 1 saturated heterocycles. The summed E-state index contributed by atoms with van der Waals surface area (Å²) in [6.45, 7) is 2.91. The molecule has 0 unspecified atom stereocenters. The first-order chi connectivity index (χ1) is 14.3. The van der Waals surface area contributed by atoms with Crippen molar-refractivity contribution in [2.24, 2.45) is 0 Å². The molecule has 1 fully saturated rings.